The molecule has 3 aromatic rings. The average Bonchev–Trinajstić information content (AvgIpc) is 2.98. The SMILES string of the molecule is O=C(c1cc2cccc(Cl)c2o1)c1nccs1. The molecule has 17 heavy (non-hydrogen) atoms. The van der Waals surface area contributed by atoms with E-state index < -0.39 is 0 Å². The number of para-hydroxylation sites is 1. The quantitative estimate of drug-likeness (QED) is 0.661. The fourth-order valence-corrected chi connectivity index (χ4v) is 2.38. The molecule has 3 rings (SSSR count). The Morgan fingerprint density at radius 2 is 2.29 bits per heavy atom. The topological polar surface area (TPSA) is 43.1 Å². The summed E-state index contributed by atoms with van der Waals surface area (Å²) in [5.41, 5.74) is 0.536. The van der Waals surface area contributed by atoms with Crippen molar-refractivity contribution in [2.75, 3.05) is 0 Å². The lowest BCUT2D eigenvalue weighted by Gasteiger charge is -1.91. The fraction of sp³-hybridized carbons (Fsp3) is 0. The first-order valence-electron chi connectivity index (χ1n) is 4.88. The van der Waals surface area contributed by atoms with Crippen molar-refractivity contribution >= 4 is 39.7 Å². The van der Waals surface area contributed by atoms with E-state index in [-0.39, 0.29) is 11.5 Å². The molecule has 0 radical (unpaired) electrons. The Hall–Kier alpha value is -1.65. The predicted octanol–water partition coefficient (Wildman–Crippen LogP) is 3.77. The zero-order valence-electron chi connectivity index (χ0n) is 8.51. The van der Waals surface area contributed by atoms with E-state index in [0.29, 0.717) is 15.6 Å². The molecule has 0 amide bonds. The summed E-state index contributed by atoms with van der Waals surface area (Å²) in [4.78, 5) is 16.0. The first-order chi connectivity index (χ1) is 8.25. The van der Waals surface area contributed by atoms with Crippen molar-refractivity contribution < 1.29 is 9.21 Å². The zero-order chi connectivity index (χ0) is 11.8. The van der Waals surface area contributed by atoms with E-state index in [9.17, 15) is 4.79 Å². The number of hydrogen-bond donors (Lipinski definition) is 0. The summed E-state index contributed by atoms with van der Waals surface area (Å²) < 4.78 is 5.47. The maximum absolute atomic E-state index is 12.0. The van der Waals surface area contributed by atoms with Crippen LogP contribution in [0.3, 0.4) is 0 Å². The molecule has 0 unspecified atom stereocenters. The van der Waals surface area contributed by atoms with Gasteiger partial charge in [0.25, 0.3) is 5.78 Å². The number of rotatable bonds is 2. The summed E-state index contributed by atoms with van der Waals surface area (Å²) in [5.74, 6) is 0.0512. The van der Waals surface area contributed by atoms with Gasteiger partial charge in [0.2, 0.25) is 0 Å². The van der Waals surface area contributed by atoms with Gasteiger partial charge in [0.15, 0.2) is 16.4 Å². The van der Waals surface area contributed by atoms with Crippen LogP contribution in [0.4, 0.5) is 0 Å². The van der Waals surface area contributed by atoms with E-state index in [0.717, 1.165) is 5.39 Å². The van der Waals surface area contributed by atoms with Crippen LogP contribution in [0.25, 0.3) is 11.0 Å². The molecule has 0 spiro atoms. The highest BCUT2D eigenvalue weighted by molar-refractivity contribution is 7.11. The molecule has 0 N–H and O–H groups in total. The van der Waals surface area contributed by atoms with E-state index in [4.69, 9.17) is 16.0 Å². The van der Waals surface area contributed by atoms with Crippen molar-refractivity contribution in [2.45, 2.75) is 0 Å². The number of fused-ring (bicyclic) bond motifs is 1. The molecule has 0 aliphatic heterocycles. The maximum atomic E-state index is 12.0. The number of benzene rings is 1. The molecule has 0 aliphatic carbocycles. The highest BCUT2D eigenvalue weighted by Gasteiger charge is 2.17. The second kappa shape index (κ2) is 3.98. The third kappa shape index (κ3) is 1.75. The van der Waals surface area contributed by atoms with Gasteiger partial charge in [-0.3, -0.25) is 4.79 Å². The lowest BCUT2D eigenvalue weighted by Crippen LogP contribution is -1.97. The van der Waals surface area contributed by atoms with Crippen LogP contribution in [0.2, 0.25) is 5.02 Å². The van der Waals surface area contributed by atoms with Gasteiger partial charge in [-0.15, -0.1) is 11.3 Å². The lowest BCUT2D eigenvalue weighted by atomic mass is 10.2. The van der Waals surface area contributed by atoms with E-state index in [1.54, 1.807) is 23.7 Å². The molecule has 0 aliphatic rings. The van der Waals surface area contributed by atoms with E-state index in [2.05, 4.69) is 4.98 Å². The van der Waals surface area contributed by atoms with Gasteiger partial charge in [-0.25, -0.2) is 4.98 Å². The van der Waals surface area contributed by atoms with Crippen LogP contribution in [0.15, 0.2) is 40.3 Å². The second-order valence-corrected chi connectivity index (χ2v) is 4.74. The van der Waals surface area contributed by atoms with Gasteiger partial charge >= 0.3 is 0 Å². The number of aromatic nitrogens is 1. The number of carbonyl (C=O) groups is 1. The Kier molecular flexibility index (Phi) is 2.46. The van der Waals surface area contributed by atoms with Gasteiger partial charge < -0.3 is 4.42 Å². The Morgan fingerprint density at radius 1 is 1.41 bits per heavy atom. The molecule has 0 saturated heterocycles. The van der Waals surface area contributed by atoms with E-state index in [1.165, 1.54) is 11.3 Å². The van der Waals surface area contributed by atoms with Crippen molar-refractivity contribution in [2.24, 2.45) is 0 Å². The third-order valence-electron chi connectivity index (χ3n) is 2.35. The van der Waals surface area contributed by atoms with Crippen LogP contribution in [0.5, 0.6) is 0 Å². The number of hydrogen-bond acceptors (Lipinski definition) is 4. The van der Waals surface area contributed by atoms with Crippen molar-refractivity contribution in [3.05, 3.63) is 51.6 Å². The highest BCUT2D eigenvalue weighted by atomic mass is 35.5. The largest absolute Gasteiger partial charge is 0.451 e. The molecule has 1 aromatic carbocycles. The molecule has 5 heteroatoms. The molecule has 84 valence electrons. The summed E-state index contributed by atoms with van der Waals surface area (Å²) in [7, 11) is 0. The minimum Gasteiger partial charge on any atom is -0.451 e. The Labute approximate surface area is 106 Å². The molecular formula is C12H6ClNO2S. The van der Waals surface area contributed by atoms with Crippen LogP contribution in [-0.4, -0.2) is 10.8 Å². The molecule has 0 saturated carbocycles. The zero-order valence-corrected chi connectivity index (χ0v) is 10.1. The molecule has 0 bridgehead atoms. The highest BCUT2D eigenvalue weighted by Crippen LogP contribution is 2.27. The minimum atomic E-state index is -0.215. The molecular weight excluding hydrogens is 258 g/mol. The summed E-state index contributed by atoms with van der Waals surface area (Å²) in [6.45, 7) is 0. The predicted molar refractivity (Wildman–Crippen MR) is 66.8 cm³/mol. The number of thiazole rings is 1. The van der Waals surface area contributed by atoms with Gasteiger partial charge in [0.05, 0.1) is 5.02 Å². The number of ketones is 1. The van der Waals surface area contributed by atoms with Gasteiger partial charge in [-0.05, 0) is 12.1 Å². The maximum Gasteiger partial charge on any atom is 0.256 e. The van der Waals surface area contributed by atoms with Crippen LogP contribution in [-0.2, 0) is 0 Å². The summed E-state index contributed by atoms with van der Waals surface area (Å²) in [6, 6.07) is 7.08. The molecule has 2 heterocycles. The number of furan rings is 1. The van der Waals surface area contributed by atoms with E-state index >= 15 is 0 Å². The summed E-state index contributed by atoms with van der Waals surface area (Å²) in [6.07, 6.45) is 1.59. The van der Waals surface area contributed by atoms with Crippen molar-refractivity contribution in [3.8, 4) is 0 Å². The van der Waals surface area contributed by atoms with Gasteiger partial charge in [0.1, 0.15) is 0 Å². The van der Waals surface area contributed by atoms with Crippen LogP contribution in [0.1, 0.15) is 15.6 Å². The number of halogens is 1. The molecule has 3 nitrogen and oxygen atoms in total. The Bertz CT molecular complexity index is 688. The van der Waals surface area contributed by atoms with E-state index in [1.807, 2.05) is 12.1 Å². The first-order valence-corrected chi connectivity index (χ1v) is 6.14. The normalized spacial score (nSPS) is 10.9. The molecule has 0 fully saturated rings. The standard InChI is InChI=1S/C12H6ClNO2S/c13-8-3-1-2-7-6-9(16-11(7)8)10(15)12-14-4-5-17-12/h1-6H. The molecule has 0 atom stereocenters. The number of nitrogens with zero attached hydrogens (tertiary/aromatic N) is 1. The minimum absolute atomic E-state index is 0.215. The fourth-order valence-electron chi connectivity index (χ4n) is 1.58. The Morgan fingerprint density at radius 3 is 3.00 bits per heavy atom. The summed E-state index contributed by atoms with van der Waals surface area (Å²) >= 11 is 7.27. The van der Waals surface area contributed by atoms with Crippen molar-refractivity contribution in [1.82, 2.24) is 4.98 Å². The summed E-state index contributed by atoms with van der Waals surface area (Å²) in [5, 5.41) is 3.49. The lowest BCUT2D eigenvalue weighted by molar-refractivity contribution is 0.101. The monoisotopic (exact) mass is 263 g/mol. The second-order valence-electron chi connectivity index (χ2n) is 3.44. The van der Waals surface area contributed by atoms with Gasteiger partial charge in [-0.2, -0.15) is 0 Å². The van der Waals surface area contributed by atoms with Crippen LogP contribution in [0, 0.1) is 0 Å². The number of carbonyl (C=O) groups excluding carboxylic acids is 1. The first kappa shape index (κ1) is 10.5. The van der Waals surface area contributed by atoms with Crippen LogP contribution < -0.4 is 0 Å². The van der Waals surface area contributed by atoms with Gasteiger partial charge in [-0.1, -0.05) is 23.7 Å². The third-order valence-corrected chi connectivity index (χ3v) is 3.42. The Balaban J connectivity index is 2.13. The van der Waals surface area contributed by atoms with Gasteiger partial charge in [0, 0.05) is 17.0 Å². The molecule has 2 aromatic heterocycles. The van der Waals surface area contributed by atoms with Crippen molar-refractivity contribution in [1.29, 1.82) is 0 Å². The smallest absolute Gasteiger partial charge is 0.256 e. The average molecular weight is 264 g/mol. The van der Waals surface area contributed by atoms with Crippen LogP contribution >= 0.6 is 22.9 Å². The van der Waals surface area contributed by atoms with Crippen molar-refractivity contribution in [3.63, 3.8) is 0 Å².